The molecule has 0 aliphatic rings. The first-order chi connectivity index (χ1) is 6.16. The molecule has 0 radical (unpaired) electrons. The van der Waals surface area contributed by atoms with Crippen LogP contribution in [0.1, 0.15) is 26.7 Å². The highest BCUT2D eigenvalue weighted by atomic mass is 16.5. The van der Waals surface area contributed by atoms with Crippen molar-refractivity contribution >= 4 is 5.91 Å². The van der Waals surface area contributed by atoms with E-state index in [0.717, 1.165) is 6.42 Å². The highest BCUT2D eigenvalue weighted by molar-refractivity contribution is 5.75. The third-order valence-corrected chi connectivity index (χ3v) is 1.49. The van der Waals surface area contributed by atoms with Crippen LogP contribution in [0.3, 0.4) is 0 Å². The number of carbonyl (C=O) groups excluding carboxylic acids is 1. The molecule has 0 aromatic rings. The van der Waals surface area contributed by atoms with Crippen molar-refractivity contribution < 1.29 is 14.6 Å². The molecule has 0 aliphatic carbocycles. The van der Waals surface area contributed by atoms with Crippen LogP contribution in [0.5, 0.6) is 0 Å². The van der Waals surface area contributed by atoms with Gasteiger partial charge >= 0.3 is 0 Å². The second kappa shape index (κ2) is 8.01. The summed E-state index contributed by atoms with van der Waals surface area (Å²) >= 11 is 0. The predicted molar refractivity (Wildman–Crippen MR) is 50.4 cm³/mol. The Morgan fingerprint density at radius 1 is 1.62 bits per heavy atom. The highest BCUT2D eigenvalue weighted by Gasteiger charge is 2.01. The molecule has 0 unspecified atom stereocenters. The Bertz CT molecular complexity index is 137. The Kier molecular flexibility index (Phi) is 7.63. The van der Waals surface area contributed by atoms with Gasteiger partial charge in [0.25, 0.3) is 0 Å². The van der Waals surface area contributed by atoms with E-state index in [0.29, 0.717) is 26.2 Å². The molecule has 2 N–H and O–H groups in total. The predicted octanol–water partition coefficient (Wildman–Crippen LogP) is 0.300. The van der Waals surface area contributed by atoms with Crippen LogP contribution in [0.25, 0.3) is 0 Å². The van der Waals surface area contributed by atoms with Crippen molar-refractivity contribution in [3.63, 3.8) is 0 Å². The number of amides is 1. The summed E-state index contributed by atoms with van der Waals surface area (Å²) in [6, 6.07) is 0. The van der Waals surface area contributed by atoms with Gasteiger partial charge in [0, 0.05) is 26.2 Å². The number of carbonyl (C=O) groups is 1. The van der Waals surface area contributed by atoms with Crippen LogP contribution in [0.4, 0.5) is 0 Å². The topological polar surface area (TPSA) is 58.6 Å². The maximum Gasteiger partial charge on any atom is 0.220 e. The molecule has 0 saturated heterocycles. The first-order valence-corrected chi connectivity index (χ1v) is 4.69. The fourth-order valence-corrected chi connectivity index (χ4v) is 0.829. The number of hydrogen-bond donors (Lipinski definition) is 2. The Hall–Kier alpha value is -0.610. The first-order valence-electron chi connectivity index (χ1n) is 4.69. The molecule has 1 atom stereocenters. The maximum absolute atomic E-state index is 11.0. The molecule has 4 nitrogen and oxygen atoms in total. The van der Waals surface area contributed by atoms with Gasteiger partial charge in [-0.05, 0) is 20.3 Å². The van der Waals surface area contributed by atoms with E-state index in [-0.39, 0.29) is 5.91 Å². The van der Waals surface area contributed by atoms with Gasteiger partial charge in [0.2, 0.25) is 5.91 Å². The van der Waals surface area contributed by atoms with Gasteiger partial charge in [0.05, 0.1) is 6.10 Å². The molecular formula is C9H19NO3. The Balaban J connectivity index is 3.20. The van der Waals surface area contributed by atoms with E-state index in [2.05, 4.69) is 5.32 Å². The molecule has 0 fully saturated rings. The summed E-state index contributed by atoms with van der Waals surface area (Å²) in [7, 11) is 0. The molecule has 0 rings (SSSR count). The monoisotopic (exact) mass is 189 g/mol. The zero-order chi connectivity index (χ0) is 10.1. The minimum Gasteiger partial charge on any atom is -0.392 e. The lowest BCUT2D eigenvalue weighted by Gasteiger charge is -2.06. The lowest BCUT2D eigenvalue weighted by atomic mass is 10.3. The summed E-state index contributed by atoms with van der Waals surface area (Å²) in [5.41, 5.74) is 0. The van der Waals surface area contributed by atoms with E-state index >= 15 is 0 Å². The smallest absolute Gasteiger partial charge is 0.220 e. The van der Waals surface area contributed by atoms with Crippen molar-refractivity contribution in [2.45, 2.75) is 32.8 Å². The summed E-state index contributed by atoms with van der Waals surface area (Å²) in [6.07, 6.45) is 0.725. The summed E-state index contributed by atoms with van der Waals surface area (Å²) in [4.78, 5) is 11.0. The first kappa shape index (κ1) is 12.4. The number of ether oxygens (including phenoxy) is 1. The van der Waals surface area contributed by atoms with Gasteiger partial charge in [-0.3, -0.25) is 4.79 Å². The number of aliphatic hydroxyl groups excluding tert-OH is 1. The normalized spacial score (nSPS) is 12.5. The van der Waals surface area contributed by atoms with E-state index in [1.165, 1.54) is 0 Å². The van der Waals surface area contributed by atoms with Gasteiger partial charge in [-0.25, -0.2) is 0 Å². The van der Waals surface area contributed by atoms with Crippen molar-refractivity contribution in [3.05, 3.63) is 0 Å². The van der Waals surface area contributed by atoms with E-state index < -0.39 is 6.10 Å². The SMILES string of the molecule is CCOCCCC(=O)NC[C@@H](C)O. The van der Waals surface area contributed by atoms with Gasteiger partial charge in [-0.1, -0.05) is 0 Å². The average molecular weight is 189 g/mol. The molecular weight excluding hydrogens is 170 g/mol. The molecule has 0 aliphatic heterocycles. The van der Waals surface area contributed by atoms with Crippen LogP contribution in [0.15, 0.2) is 0 Å². The van der Waals surface area contributed by atoms with E-state index in [4.69, 9.17) is 9.84 Å². The molecule has 4 heteroatoms. The second-order valence-corrected chi connectivity index (χ2v) is 2.95. The number of nitrogens with one attached hydrogen (secondary N) is 1. The Labute approximate surface area is 79.3 Å². The second-order valence-electron chi connectivity index (χ2n) is 2.95. The molecule has 0 saturated carbocycles. The molecule has 1 amide bonds. The lowest BCUT2D eigenvalue weighted by molar-refractivity contribution is -0.121. The van der Waals surface area contributed by atoms with Gasteiger partial charge in [-0.2, -0.15) is 0 Å². The molecule has 0 bridgehead atoms. The average Bonchev–Trinajstić information content (AvgIpc) is 2.09. The van der Waals surface area contributed by atoms with Crippen LogP contribution >= 0.6 is 0 Å². The third-order valence-electron chi connectivity index (χ3n) is 1.49. The van der Waals surface area contributed by atoms with Gasteiger partial charge < -0.3 is 15.2 Å². The fraction of sp³-hybridized carbons (Fsp3) is 0.889. The van der Waals surface area contributed by atoms with E-state index in [9.17, 15) is 4.79 Å². The Morgan fingerprint density at radius 3 is 2.85 bits per heavy atom. The van der Waals surface area contributed by atoms with Gasteiger partial charge in [0.1, 0.15) is 0 Å². The van der Waals surface area contributed by atoms with Crippen molar-refractivity contribution in [2.24, 2.45) is 0 Å². The minimum atomic E-state index is -0.476. The molecule has 0 heterocycles. The molecule has 0 aromatic carbocycles. The highest BCUT2D eigenvalue weighted by Crippen LogP contribution is 1.90. The van der Waals surface area contributed by atoms with Crippen molar-refractivity contribution in [2.75, 3.05) is 19.8 Å². The third kappa shape index (κ3) is 9.30. The standard InChI is InChI=1S/C9H19NO3/c1-3-13-6-4-5-9(12)10-7-8(2)11/h8,11H,3-7H2,1-2H3,(H,10,12)/t8-/m1/s1. The summed E-state index contributed by atoms with van der Waals surface area (Å²) in [6.45, 7) is 5.20. The zero-order valence-electron chi connectivity index (χ0n) is 8.38. The van der Waals surface area contributed by atoms with Crippen LogP contribution in [-0.2, 0) is 9.53 Å². The number of hydrogen-bond acceptors (Lipinski definition) is 3. The van der Waals surface area contributed by atoms with Crippen molar-refractivity contribution in [1.29, 1.82) is 0 Å². The van der Waals surface area contributed by atoms with Crippen molar-refractivity contribution in [1.82, 2.24) is 5.32 Å². The molecule has 13 heavy (non-hydrogen) atoms. The summed E-state index contributed by atoms with van der Waals surface area (Å²) < 4.78 is 5.08. The molecule has 78 valence electrons. The van der Waals surface area contributed by atoms with E-state index in [1.807, 2.05) is 6.92 Å². The van der Waals surface area contributed by atoms with Crippen LogP contribution in [0.2, 0.25) is 0 Å². The van der Waals surface area contributed by atoms with Gasteiger partial charge in [0.15, 0.2) is 0 Å². The van der Waals surface area contributed by atoms with Gasteiger partial charge in [-0.15, -0.1) is 0 Å². The fourth-order valence-electron chi connectivity index (χ4n) is 0.829. The quantitative estimate of drug-likeness (QED) is 0.566. The largest absolute Gasteiger partial charge is 0.392 e. The van der Waals surface area contributed by atoms with Crippen molar-refractivity contribution in [3.8, 4) is 0 Å². The zero-order valence-corrected chi connectivity index (χ0v) is 8.38. The lowest BCUT2D eigenvalue weighted by Crippen LogP contribution is -2.30. The molecule has 0 spiro atoms. The van der Waals surface area contributed by atoms with E-state index in [1.54, 1.807) is 6.92 Å². The summed E-state index contributed by atoms with van der Waals surface area (Å²) in [5, 5.41) is 11.5. The minimum absolute atomic E-state index is 0.0272. The molecule has 0 aromatic heterocycles. The number of rotatable bonds is 7. The van der Waals surface area contributed by atoms with Crippen LogP contribution < -0.4 is 5.32 Å². The Morgan fingerprint density at radius 2 is 2.31 bits per heavy atom. The summed E-state index contributed by atoms with van der Waals surface area (Å²) in [5.74, 6) is -0.0272. The van der Waals surface area contributed by atoms with Crippen LogP contribution in [0, 0.1) is 0 Å². The number of aliphatic hydroxyl groups is 1. The van der Waals surface area contributed by atoms with Crippen LogP contribution in [-0.4, -0.2) is 36.9 Å². The maximum atomic E-state index is 11.0.